The minimum Gasteiger partial charge on any atom is -0.387 e. The molecule has 0 saturated carbocycles. The number of halogens is 2. The predicted molar refractivity (Wildman–Crippen MR) is 82.8 cm³/mol. The van der Waals surface area contributed by atoms with Crippen LogP contribution in [0.25, 0.3) is 10.2 Å². The summed E-state index contributed by atoms with van der Waals surface area (Å²) < 4.78 is 18.8. The first-order valence-corrected chi connectivity index (χ1v) is 7.57. The van der Waals surface area contributed by atoms with Gasteiger partial charge < -0.3 is 5.11 Å². The standard InChI is InChI=1S/C14H11ClFN3O2S/c1-7-12-13(22-18-7)17-6-19(14(12)21)5-11(20)8-2-3-9(15)10(16)4-8/h2-4,6,11,20H,5H2,1H3. The average molecular weight is 340 g/mol. The molecule has 22 heavy (non-hydrogen) atoms. The van der Waals surface area contributed by atoms with Crippen molar-refractivity contribution in [2.24, 2.45) is 0 Å². The van der Waals surface area contributed by atoms with Crippen LogP contribution in [0, 0.1) is 12.7 Å². The lowest BCUT2D eigenvalue weighted by Gasteiger charge is -2.13. The van der Waals surface area contributed by atoms with Crippen molar-refractivity contribution >= 4 is 33.4 Å². The van der Waals surface area contributed by atoms with Gasteiger partial charge in [0.1, 0.15) is 5.82 Å². The molecule has 0 aliphatic rings. The number of aliphatic hydroxyl groups is 1. The van der Waals surface area contributed by atoms with Crippen LogP contribution in [0.3, 0.4) is 0 Å². The molecule has 1 aromatic carbocycles. The highest BCUT2D eigenvalue weighted by Gasteiger charge is 2.15. The van der Waals surface area contributed by atoms with E-state index >= 15 is 0 Å². The smallest absolute Gasteiger partial charge is 0.264 e. The first-order chi connectivity index (χ1) is 10.5. The second-order valence-electron chi connectivity index (χ2n) is 4.84. The summed E-state index contributed by atoms with van der Waals surface area (Å²) in [5.74, 6) is -0.614. The van der Waals surface area contributed by atoms with Crippen LogP contribution < -0.4 is 5.56 Å². The molecule has 3 aromatic rings. The highest BCUT2D eigenvalue weighted by atomic mass is 35.5. The van der Waals surface area contributed by atoms with Crippen molar-refractivity contribution < 1.29 is 9.50 Å². The Morgan fingerprint density at radius 3 is 3.00 bits per heavy atom. The molecular formula is C14H11ClFN3O2S. The van der Waals surface area contributed by atoms with E-state index in [1.165, 1.54) is 23.0 Å². The minimum absolute atomic E-state index is 0.0174. The number of hydrogen-bond donors (Lipinski definition) is 1. The average Bonchev–Trinajstić information content (AvgIpc) is 2.87. The van der Waals surface area contributed by atoms with Crippen molar-refractivity contribution in [1.82, 2.24) is 13.9 Å². The molecule has 0 aliphatic heterocycles. The van der Waals surface area contributed by atoms with Crippen molar-refractivity contribution in [3.8, 4) is 0 Å². The molecule has 1 atom stereocenters. The van der Waals surface area contributed by atoms with Gasteiger partial charge in [-0.3, -0.25) is 9.36 Å². The van der Waals surface area contributed by atoms with Crippen molar-refractivity contribution in [1.29, 1.82) is 0 Å². The molecule has 0 bridgehead atoms. The van der Waals surface area contributed by atoms with Gasteiger partial charge in [-0.1, -0.05) is 17.7 Å². The van der Waals surface area contributed by atoms with Crippen LogP contribution in [-0.2, 0) is 6.54 Å². The van der Waals surface area contributed by atoms with Crippen molar-refractivity contribution in [3.05, 3.63) is 57.0 Å². The SMILES string of the molecule is Cc1nsc2ncn(CC(O)c3ccc(Cl)c(F)c3)c(=O)c12. The molecule has 2 aromatic heterocycles. The summed E-state index contributed by atoms with van der Waals surface area (Å²) in [4.78, 5) is 17.1. The Balaban J connectivity index is 1.95. The van der Waals surface area contributed by atoms with E-state index in [9.17, 15) is 14.3 Å². The third-order valence-corrected chi connectivity index (χ3v) is 4.49. The van der Waals surface area contributed by atoms with E-state index in [0.29, 0.717) is 21.5 Å². The topological polar surface area (TPSA) is 68.0 Å². The zero-order chi connectivity index (χ0) is 15.9. The molecule has 3 rings (SSSR count). The number of aryl methyl sites for hydroxylation is 1. The third kappa shape index (κ3) is 2.63. The van der Waals surface area contributed by atoms with Crippen LogP contribution >= 0.6 is 23.1 Å². The second-order valence-corrected chi connectivity index (χ2v) is 6.00. The second kappa shape index (κ2) is 5.75. The van der Waals surface area contributed by atoms with Gasteiger partial charge in [-0.2, -0.15) is 4.37 Å². The highest BCUT2D eigenvalue weighted by Crippen LogP contribution is 2.21. The molecule has 0 fully saturated rings. The Hall–Kier alpha value is -1.83. The fraction of sp³-hybridized carbons (Fsp3) is 0.214. The van der Waals surface area contributed by atoms with E-state index in [4.69, 9.17) is 11.6 Å². The van der Waals surface area contributed by atoms with Crippen molar-refractivity contribution in [2.45, 2.75) is 19.6 Å². The molecule has 8 heteroatoms. The molecule has 5 nitrogen and oxygen atoms in total. The Morgan fingerprint density at radius 1 is 1.50 bits per heavy atom. The Kier molecular flexibility index (Phi) is 3.94. The van der Waals surface area contributed by atoms with Gasteiger partial charge in [0.25, 0.3) is 5.56 Å². The lowest BCUT2D eigenvalue weighted by atomic mass is 10.1. The predicted octanol–water partition coefficient (Wildman–Crippen LogP) is 2.69. The maximum Gasteiger partial charge on any atom is 0.264 e. The zero-order valence-corrected chi connectivity index (χ0v) is 13.0. The minimum atomic E-state index is -1.05. The largest absolute Gasteiger partial charge is 0.387 e. The van der Waals surface area contributed by atoms with E-state index < -0.39 is 11.9 Å². The van der Waals surface area contributed by atoms with Gasteiger partial charge >= 0.3 is 0 Å². The molecule has 0 spiro atoms. The van der Waals surface area contributed by atoms with Crippen LogP contribution in [0.15, 0.2) is 29.3 Å². The zero-order valence-electron chi connectivity index (χ0n) is 11.5. The maximum absolute atomic E-state index is 13.4. The van der Waals surface area contributed by atoms with Gasteiger partial charge in [-0.25, -0.2) is 9.37 Å². The van der Waals surface area contributed by atoms with Crippen LogP contribution in [0.4, 0.5) is 4.39 Å². The lowest BCUT2D eigenvalue weighted by molar-refractivity contribution is 0.154. The summed E-state index contributed by atoms with van der Waals surface area (Å²) in [6.07, 6.45) is 0.313. The number of fused-ring (bicyclic) bond motifs is 1. The number of aliphatic hydroxyl groups excluding tert-OH is 1. The fourth-order valence-electron chi connectivity index (χ4n) is 2.15. The van der Waals surface area contributed by atoms with Crippen LogP contribution in [0.2, 0.25) is 5.02 Å². The van der Waals surface area contributed by atoms with Crippen LogP contribution in [-0.4, -0.2) is 19.0 Å². The van der Waals surface area contributed by atoms with E-state index in [-0.39, 0.29) is 17.1 Å². The third-order valence-electron chi connectivity index (χ3n) is 3.33. The first-order valence-electron chi connectivity index (χ1n) is 6.42. The summed E-state index contributed by atoms with van der Waals surface area (Å²) in [7, 11) is 0. The number of hydrogen-bond acceptors (Lipinski definition) is 5. The van der Waals surface area contributed by atoms with E-state index in [1.54, 1.807) is 6.92 Å². The number of benzene rings is 1. The summed E-state index contributed by atoms with van der Waals surface area (Å²) in [5, 5.41) is 10.6. The summed E-state index contributed by atoms with van der Waals surface area (Å²) in [6, 6.07) is 4.04. The Morgan fingerprint density at radius 2 is 2.27 bits per heavy atom. The lowest BCUT2D eigenvalue weighted by Crippen LogP contribution is -2.23. The summed E-state index contributed by atoms with van der Waals surface area (Å²) in [6.45, 7) is 1.70. The van der Waals surface area contributed by atoms with E-state index in [2.05, 4.69) is 9.36 Å². The molecule has 0 amide bonds. The number of aromatic nitrogens is 3. The van der Waals surface area contributed by atoms with Gasteiger partial charge in [0.15, 0.2) is 4.83 Å². The van der Waals surface area contributed by atoms with Gasteiger partial charge in [-0.15, -0.1) is 0 Å². The van der Waals surface area contributed by atoms with E-state index in [1.807, 2.05) is 0 Å². The monoisotopic (exact) mass is 339 g/mol. The number of nitrogens with zero attached hydrogens (tertiary/aromatic N) is 3. The first kappa shape index (κ1) is 15.1. The maximum atomic E-state index is 13.4. The molecule has 0 aliphatic carbocycles. The Bertz CT molecular complexity index is 909. The van der Waals surface area contributed by atoms with Gasteiger partial charge in [-0.05, 0) is 36.2 Å². The normalized spacial score (nSPS) is 12.7. The van der Waals surface area contributed by atoms with Crippen LogP contribution in [0.1, 0.15) is 17.4 Å². The molecule has 0 radical (unpaired) electrons. The molecule has 1 N–H and O–H groups in total. The van der Waals surface area contributed by atoms with Crippen molar-refractivity contribution in [3.63, 3.8) is 0 Å². The molecule has 1 unspecified atom stereocenters. The molecule has 2 heterocycles. The Labute approximate surface area is 133 Å². The number of rotatable bonds is 3. The quantitative estimate of drug-likeness (QED) is 0.796. The summed E-state index contributed by atoms with van der Waals surface area (Å²) in [5.41, 5.74) is 0.678. The fourth-order valence-corrected chi connectivity index (χ4v) is 3.00. The van der Waals surface area contributed by atoms with Gasteiger partial charge in [0.05, 0.1) is 35.1 Å². The summed E-state index contributed by atoms with van der Waals surface area (Å²) >= 11 is 6.77. The van der Waals surface area contributed by atoms with Crippen LogP contribution in [0.5, 0.6) is 0 Å². The van der Waals surface area contributed by atoms with Gasteiger partial charge in [0, 0.05) is 0 Å². The molecule has 0 saturated heterocycles. The molecule has 114 valence electrons. The molecular weight excluding hydrogens is 329 g/mol. The van der Waals surface area contributed by atoms with Gasteiger partial charge in [0.2, 0.25) is 0 Å². The van der Waals surface area contributed by atoms with Crippen molar-refractivity contribution in [2.75, 3.05) is 0 Å². The highest BCUT2D eigenvalue weighted by molar-refractivity contribution is 7.12. The van der Waals surface area contributed by atoms with E-state index in [0.717, 1.165) is 17.6 Å².